The Kier molecular flexibility index (Phi) is 4.83. The van der Waals surface area contributed by atoms with Gasteiger partial charge in [-0.15, -0.1) is 0 Å². The number of carbonyl (C=O) groups excluding carboxylic acids is 1. The Labute approximate surface area is 125 Å². The lowest BCUT2D eigenvalue weighted by Gasteiger charge is -2.22. The van der Waals surface area contributed by atoms with Gasteiger partial charge in [-0.05, 0) is 50.9 Å². The largest absolute Gasteiger partial charge is 0.376 e. The van der Waals surface area contributed by atoms with Crippen LogP contribution in [0.15, 0.2) is 18.3 Å². The van der Waals surface area contributed by atoms with Crippen molar-refractivity contribution in [3.05, 3.63) is 29.6 Å². The molecule has 0 spiro atoms. The summed E-state index contributed by atoms with van der Waals surface area (Å²) in [7, 11) is 0. The predicted molar refractivity (Wildman–Crippen MR) is 80.4 cm³/mol. The molecule has 2 saturated heterocycles. The maximum atomic E-state index is 12.1. The Bertz CT molecular complexity index is 463. The van der Waals surface area contributed by atoms with Gasteiger partial charge in [-0.25, -0.2) is 0 Å². The highest BCUT2D eigenvalue weighted by Crippen LogP contribution is 2.23. The van der Waals surface area contributed by atoms with E-state index in [1.165, 1.54) is 0 Å². The average Bonchev–Trinajstić information content (AvgIpc) is 3.07. The lowest BCUT2D eigenvalue weighted by Crippen LogP contribution is -2.32. The summed E-state index contributed by atoms with van der Waals surface area (Å²) in [5.74, 6) is 0.463. The van der Waals surface area contributed by atoms with Crippen LogP contribution in [-0.2, 0) is 4.74 Å². The first kappa shape index (κ1) is 14.5. The van der Waals surface area contributed by atoms with Gasteiger partial charge in [0.25, 0.3) is 5.91 Å². The van der Waals surface area contributed by atoms with Crippen molar-refractivity contribution >= 4 is 5.91 Å². The van der Waals surface area contributed by atoms with Crippen LogP contribution < -0.4 is 10.6 Å². The number of ether oxygens (including phenoxy) is 1. The molecule has 0 saturated carbocycles. The molecule has 21 heavy (non-hydrogen) atoms. The molecule has 3 heterocycles. The zero-order chi connectivity index (χ0) is 14.5. The molecule has 1 amide bonds. The molecule has 1 aromatic rings. The molecule has 2 fully saturated rings. The van der Waals surface area contributed by atoms with Crippen LogP contribution >= 0.6 is 0 Å². The monoisotopic (exact) mass is 289 g/mol. The van der Waals surface area contributed by atoms with Crippen LogP contribution in [0.5, 0.6) is 0 Å². The summed E-state index contributed by atoms with van der Waals surface area (Å²) in [6.45, 7) is 3.51. The fourth-order valence-electron chi connectivity index (χ4n) is 3.01. The van der Waals surface area contributed by atoms with Crippen LogP contribution in [0, 0.1) is 0 Å². The van der Waals surface area contributed by atoms with Crippen LogP contribution in [0.3, 0.4) is 0 Å². The highest BCUT2D eigenvalue weighted by molar-refractivity contribution is 5.93. The smallest absolute Gasteiger partial charge is 0.252 e. The molecule has 3 rings (SSSR count). The van der Waals surface area contributed by atoms with Crippen molar-refractivity contribution < 1.29 is 9.53 Å². The van der Waals surface area contributed by atoms with Gasteiger partial charge < -0.3 is 15.4 Å². The Morgan fingerprint density at radius 1 is 1.33 bits per heavy atom. The minimum atomic E-state index is -0.0603. The predicted octanol–water partition coefficient (Wildman–Crippen LogP) is 1.46. The number of amides is 1. The van der Waals surface area contributed by atoms with Gasteiger partial charge in [-0.2, -0.15) is 0 Å². The standard InChI is InChI=1S/C16H23N3O2/c20-16(19-11-14-2-1-9-21-14)13-3-4-15(18-10-13)12-5-7-17-8-6-12/h3-4,10,12,14,17H,1-2,5-9,11H2,(H,19,20). The first-order valence-corrected chi connectivity index (χ1v) is 7.89. The van der Waals surface area contributed by atoms with Crippen LogP contribution in [0.4, 0.5) is 0 Å². The Hall–Kier alpha value is -1.46. The third kappa shape index (κ3) is 3.80. The van der Waals surface area contributed by atoms with Crippen molar-refractivity contribution in [1.29, 1.82) is 0 Å². The minimum absolute atomic E-state index is 0.0603. The topological polar surface area (TPSA) is 63.2 Å². The first-order chi connectivity index (χ1) is 10.3. The molecule has 2 N–H and O–H groups in total. The highest BCUT2D eigenvalue weighted by Gasteiger charge is 2.18. The molecule has 1 unspecified atom stereocenters. The van der Waals surface area contributed by atoms with E-state index in [0.717, 1.165) is 51.1 Å². The zero-order valence-electron chi connectivity index (χ0n) is 12.3. The van der Waals surface area contributed by atoms with Gasteiger partial charge in [-0.3, -0.25) is 9.78 Å². The van der Waals surface area contributed by atoms with Crippen LogP contribution in [0.1, 0.15) is 47.7 Å². The molecular formula is C16H23N3O2. The summed E-state index contributed by atoms with van der Waals surface area (Å²) in [5.41, 5.74) is 1.73. The number of nitrogens with zero attached hydrogens (tertiary/aromatic N) is 1. The molecule has 1 aromatic heterocycles. The summed E-state index contributed by atoms with van der Waals surface area (Å²) in [5, 5.41) is 6.28. The summed E-state index contributed by atoms with van der Waals surface area (Å²) in [4.78, 5) is 16.6. The molecule has 114 valence electrons. The van der Waals surface area contributed by atoms with Crippen LogP contribution in [-0.4, -0.2) is 43.2 Å². The van der Waals surface area contributed by atoms with E-state index in [9.17, 15) is 4.79 Å². The Morgan fingerprint density at radius 3 is 2.86 bits per heavy atom. The number of hydrogen-bond donors (Lipinski definition) is 2. The Morgan fingerprint density at radius 2 is 2.19 bits per heavy atom. The maximum absolute atomic E-state index is 12.1. The number of rotatable bonds is 4. The third-order valence-electron chi connectivity index (χ3n) is 4.32. The lowest BCUT2D eigenvalue weighted by molar-refractivity contribution is 0.0857. The quantitative estimate of drug-likeness (QED) is 0.881. The molecule has 5 heteroatoms. The van der Waals surface area contributed by atoms with Crippen LogP contribution in [0.25, 0.3) is 0 Å². The summed E-state index contributed by atoms with van der Waals surface area (Å²) in [6, 6.07) is 3.88. The number of nitrogens with one attached hydrogen (secondary N) is 2. The SMILES string of the molecule is O=C(NCC1CCCO1)c1ccc(C2CCNCC2)nc1. The molecule has 2 aliphatic rings. The number of pyridine rings is 1. The number of carbonyl (C=O) groups is 1. The molecule has 2 aliphatic heterocycles. The van der Waals surface area contributed by atoms with Gasteiger partial charge >= 0.3 is 0 Å². The maximum Gasteiger partial charge on any atom is 0.252 e. The van der Waals surface area contributed by atoms with Crippen molar-refractivity contribution in [2.45, 2.75) is 37.7 Å². The van der Waals surface area contributed by atoms with E-state index in [2.05, 4.69) is 15.6 Å². The molecular weight excluding hydrogens is 266 g/mol. The summed E-state index contributed by atoms with van der Waals surface area (Å²) < 4.78 is 5.50. The average molecular weight is 289 g/mol. The molecule has 0 aliphatic carbocycles. The van der Waals surface area contributed by atoms with E-state index in [-0.39, 0.29) is 12.0 Å². The van der Waals surface area contributed by atoms with Gasteiger partial charge in [0.2, 0.25) is 0 Å². The third-order valence-corrected chi connectivity index (χ3v) is 4.32. The number of piperidine rings is 1. The molecule has 0 aromatic carbocycles. The summed E-state index contributed by atoms with van der Waals surface area (Å²) in [6.07, 6.45) is 6.24. The van der Waals surface area contributed by atoms with E-state index in [1.54, 1.807) is 6.20 Å². The van der Waals surface area contributed by atoms with Gasteiger partial charge in [0, 0.05) is 31.0 Å². The normalized spacial score (nSPS) is 23.1. The van der Waals surface area contributed by atoms with E-state index in [1.807, 2.05) is 12.1 Å². The minimum Gasteiger partial charge on any atom is -0.376 e. The van der Waals surface area contributed by atoms with E-state index < -0.39 is 0 Å². The van der Waals surface area contributed by atoms with Gasteiger partial charge in [0.1, 0.15) is 0 Å². The van der Waals surface area contributed by atoms with Gasteiger partial charge in [0.05, 0.1) is 11.7 Å². The summed E-state index contributed by atoms with van der Waals surface area (Å²) >= 11 is 0. The van der Waals surface area contributed by atoms with Crippen molar-refractivity contribution in [3.8, 4) is 0 Å². The van der Waals surface area contributed by atoms with Gasteiger partial charge in [0.15, 0.2) is 0 Å². The molecule has 0 bridgehead atoms. The highest BCUT2D eigenvalue weighted by atomic mass is 16.5. The second-order valence-corrected chi connectivity index (χ2v) is 5.84. The first-order valence-electron chi connectivity index (χ1n) is 7.89. The fourth-order valence-corrected chi connectivity index (χ4v) is 3.01. The number of aromatic nitrogens is 1. The molecule has 0 radical (unpaired) electrons. The van der Waals surface area contributed by atoms with Crippen molar-refractivity contribution in [3.63, 3.8) is 0 Å². The van der Waals surface area contributed by atoms with Crippen molar-refractivity contribution in [2.24, 2.45) is 0 Å². The Balaban J connectivity index is 1.54. The van der Waals surface area contributed by atoms with Crippen LogP contribution in [0.2, 0.25) is 0 Å². The second kappa shape index (κ2) is 7.00. The van der Waals surface area contributed by atoms with E-state index >= 15 is 0 Å². The van der Waals surface area contributed by atoms with Crippen molar-refractivity contribution in [2.75, 3.05) is 26.2 Å². The molecule has 1 atom stereocenters. The lowest BCUT2D eigenvalue weighted by atomic mass is 9.94. The van der Waals surface area contributed by atoms with Gasteiger partial charge in [-0.1, -0.05) is 0 Å². The molecule has 5 nitrogen and oxygen atoms in total. The van der Waals surface area contributed by atoms with E-state index in [0.29, 0.717) is 18.0 Å². The second-order valence-electron chi connectivity index (χ2n) is 5.84. The zero-order valence-corrected chi connectivity index (χ0v) is 12.3. The fraction of sp³-hybridized carbons (Fsp3) is 0.625. The van der Waals surface area contributed by atoms with E-state index in [4.69, 9.17) is 4.74 Å². The number of hydrogen-bond acceptors (Lipinski definition) is 4. The van der Waals surface area contributed by atoms with Crippen molar-refractivity contribution in [1.82, 2.24) is 15.6 Å².